The summed E-state index contributed by atoms with van der Waals surface area (Å²) in [6, 6.07) is 0. The lowest BCUT2D eigenvalue weighted by atomic mass is 10.0. The van der Waals surface area contributed by atoms with Crippen molar-refractivity contribution < 1.29 is 35.1 Å². The molecule has 0 aromatic rings. The molecule has 0 heterocycles. The predicted octanol–water partition coefficient (Wildman–Crippen LogP) is 2.56. The number of carbonyl (C=O) groups excluding carboxylic acids is 1. The van der Waals surface area contributed by atoms with Crippen LogP contribution in [0.25, 0.3) is 0 Å². The second-order valence-corrected chi connectivity index (χ2v) is 7.61. The highest BCUT2D eigenvalue weighted by molar-refractivity contribution is 5.69. The van der Waals surface area contributed by atoms with Crippen LogP contribution < -0.4 is 0 Å². The molecule has 0 fully saturated rings. The Balaban J connectivity index is 3.71. The molecule has 0 saturated carbocycles. The Kier molecular flexibility index (Phi) is 19.4. The first kappa shape index (κ1) is 29.5. The molecule has 0 bridgehead atoms. The van der Waals surface area contributed by atoms with Crippen molar-refractivity contribution in [3.63, 3.8) is 0 Å². The van der Waals surface area contributed by atoms with Gasteiger partial charge in [0.25, 0.3) is 0 Å². The minimum atomic E-state index is -1.73. The van der Waals surface area contributed by atoms with Crippen molar-refractivity contribution in [2.45, 2.75) is 95.5 Å². The SMILES string of the molecule is CCCCCC=CCC=CCC=CCCCCC(=O)OC[C@@H](O)[C@@H](O)[C@H](O)[C@@H](O)CO. The largest absolute Gasteiger partial charge is 0.463 e. The fourth-order valence-corrected chi connectivity index (χ4v) is 2.73. The van der Waals surface area contributed by atoms with Crippen molar-refractivity contribution in [3.05, 3.63) is 36.5 Å². The predicted molar refractivity (Wildman–Crippen MR) is 121 cm³/mol. The molecule has 180 valence electrons. The van der Waals surface area contributed by atoms with Gasteiger partial charge in [0.2, 0.25) is 0 Å². The van der Waals surface area contributed by atoms with E-state index in [2.05, 4.69) is 43.4 Å². The Morgan fingerprint density at radius 3 is 1.84 bits per heavy atom. The van der Waals surface area contributed by atoms with E-state index in [1.165, 1.54) is 19.3 Å². The van der Waals surface area contributed by atoms with Crippen LogP contribution in [0, 0.1) is 0 Å². The lowest BCUT2D eigenvalue weighted by molar-refractivity contribution is -0.156. The van der Waals surface area contributed by atoms with Gasteiger partial charge in [-0.2, -0.15) is 0 Å². The van der Waals surface area contributed by atoms with E-state index in [9.17, 15) is 25.2 Å². The monoisotopic (exact) mass is 442 g/mol. The molecule has 0 unspecified atom stereocenters. The van der Waals surface area contributed by atoms with Gasteiger partial charge in [-0.3, -0.25) is 4.79 Å². The number of allylic oxidation sites excluding steroid dienone is 6. The minimum Gasteiger partial charge on any atom is -0.463 e. The Morgan fingerprint density at radius 2 is 1.29 bits per heavy atom. The number of hydrogen-bond acceptors (Lipinski definition) is 7. The van der Waals surface area contributed by atoms with E-state index in [-0.39, 0.29) is 6.42 Å². The van der Waals surface area contributed by atoms with E-state index in [1.54, 1.807) is 0 Å². The summed E-state index contributed by atoms with van der Waals surface area (Å²) in [4.78, 5) is 11.7. The normalized spacial score (nSPS) is 16.2. The van der Waals surface area contributed by atoms with Crippen molar-refractivity contribution >= 4 is 5.97 Å². The van der Waals surface area contributed by atoms with Crippen LogP contribution in [-0.2, 0) is 9.53 Å². The maximum absolute atomic E-state index is 11.7. The molecule has 7 heteroatoms. The molecule has 7 nitrogen and oxygen atoms in total. The topological polar surface area (TPSA) is 127 Å². The summed E-state index contributed by atoms with van der Waals surface area (Å²) in [5.41, 5.74) is 0. The summed E-state index contributed by atoms with van der Waals surface area (Å²) in [5, 5.41) is 46.8. The molecule has 0 aliphatic carbocycles. The summed E-state index contributed by atoms with van der Waals surface area (Å²) in [7, 11) is 0. The second kappa shape index (κ2) is 20.4. The molecule has 0 aliphatic rings. The molecule has 0 rings (SSSR count). The summed E-state index contributed by atoms with van der Waals surface area (Å²) in [6.45, 7) is 0.959. The number of rotatable bonds is 19. The number of esters is 1. The number of aliphatic hydroxyl groups excluding tert-OH is 5. The first-order chi connectivity index (χ1) is 14.9. The van der Waals surface area contributed by atoms with Crippen LogP contribution in [0.4, 0.5) is 0 Å². The average Bonchev–Trinajstić information content (AvgIpc) is 2.78. The Bertz CT molecular complexity index is 516. The molecule has 0 aliphatic heterocycles. The van der Waals surface area contributed by atoms with Gasteiger partial charge in [0.15, 0.2) is 0 Å². The van der Waals surface area contributed by atoms with Crippen molar-refractivity contribution in [1.29, 1.82) is 0 Å². The van der Waals surface area contributed by atoms with Crippen LogP contribution in [0.15, 0.2) is 36.5 Å². The molecule has 0 saturated heterocycles. The Labute approximate surface area is 186 Å². The second-order valence-electron chi connectivity index (χ2n) is 7.61. The number of ether oxygens (including phenoxy) is 1. The lowest BCUT2D eigenvalue weighted by Gasteiger charge is -2.25. The van der Waals surface area contributed by atoms with Gasteiger partial charge < -0.3 is 30.3 Å². The van der Waals surface area contributed by atoms with Gasteiger partial charge in [0.05, 0.1) is 6.61 Å². The summed E-state index contributed by atoms with van der Waals surface area (Å²) in [6.07, 6.45) is 15.7. The molecule has 0 spiro atoms. The van der Waals surface area contributed by atoms with Crippen molar-refractivity contribution in [1.82, 2.24) is 0 Å². The third kappa shape index (κ3) is 16.8. The van der Waals surface area contributed by atoms with Gasteiger partial charge in [0.1, 0.15) is 31.0 Å². The van der Waals surface area contributed by atoms with Crippen molar-refractivity contribution in [3.8, 4) is 0 Å². The van der Waals surface area contributed by atoms with E-state index < -0.39 is 43.6 Å². The fraction of sp³-hybridized carbons (Fsp3) is 0.708. The third-order valence-electron chi connectivity index (χ3n) is 4.76. The van der Waals surface area contributed by atoms with Crippen molar-refractivity contribution in [2.75, 3.05) is 13.2 Å². The first-order valence-electron chi connectivity index (χ1n) is 11.4. The Morgan fingerprint density at radius 1 is 0.774 bits per heavy atom. The van der Waals surface area contributed by atoms with Crippen molar-refractivity contribution in [2.24, 2.45) is 0 Å². The molecule has 5 N–H and O–H groups in total. The molecular weight excluding hydrogens is 400 g/mol. The van der Waals surface area contributed by atoms with Crippen LogP contribution in [0.2, 0.25) is 0 Å². The van der Waals surface area contributed by atoms with E-state index >= 15 is 0 Å². The van der Waals surface area contributed by atoms with Gasteiger partial charge in [-0.15, -0.1) is 0 Å². The number of carbonyl (C=O) groups is 1. The van der Waals surface area contributed by atoms with Crippen LogP contribution in [-0.4, -0.2) is 69.1 Å². The lowest BCUT2D eigenvalue weighted by Crippen LogP contribution is -2.47. The molecule has 0 aromatic heterocycles. The summed E-state index contributed by atoms with van der Waals surface area (Å²) >= 11 is 0. The van der Waals surface area contributed by atoms with Crippen LogP contribution in [0.1, 0.15) is 71.1 Å². The molecule has 31 heavy (non-hydrogen) atoms. The highest BCUT2D eigenvalue weighted by Gasteiger charge is 2.30. The number of aliphatic hydroxyl groups is 5. The van der Waals surface area contributed by atoms with Gasteiger partial charge in [-0.05, 0) is 44.9 Å². The standard InChI is InChI=1S/C24H42O7/c1-2-3-4-5-6-7-8-9-10-11-12-13-14-15-16-17-22(28)31-19-21(27)24(30)23(29)20(26)18-25/h6-7,9-10,12-13,20-21,23-27,29-30H,2-5,8,11,14-19H2,1H3/t20-,21+,23+,24+/m0/s1. The van der Waals surface area contributed by atoms with Gasteiger partial charge in [0, 0.05) is 6.42 Å². The minimum absolute atomic E-state index is 0.197. The average molecular weight is 443 g/mol. The quantitative estimate of drug-likeness (QED) is 0.118. The molecule has 0 amide bonds. The smallest absolute Gasteiger partial charge is 0.305 e. The third-order valence-corrected chi connectivity index (χ3v) is 4.76. The van der Waals surface area contributed by atoms with E-state index in [1.807, 2.05) is 0 Å². The van der Waals surface area contributed by atoms with E-state index in [0.29, 0.717) is 6.42 Å². The number of unbranched alkanes of at least 4 members (excludes halogenated alkanes) is 5. The van der Waals surface area contributed by atoms with Crippen LogP contribution in [0.5, 0.6) is 0 Å². The molecular formula is C24H42O7. The van der Waals surface area contributed by atoms with E-state index in [0.717, 1.165) is 32.1 Å². The zero-order valence-electron chi connectivity index (χ0n) is 18.8. The first-order valence-corrected chi connectivity index (χ1v) is 11.4. The van der Waals surface area contributed by atoms with E-state index in [4.69, 9.17) is 9.84 Å². The number of hydrogen-bond donors (Lipinski definition) is 5. The summed E-state index contributed by atoms with van der Waals surface area (Å²) < 4.78 is 4.87. The van der Waals surface area contributed by atoms with Gasteiger partial charge in [-0.1, -0.05) is 56.2 Å². The summed E-state index contributed by atoms with van der Waals surface area (Å²) in [5.74, 6) is -0.502. The highest BCUT2D eigenvalue weighted by atomic mass is 16.5. The van der Waals surface area contributed by atoms with Crippen LogP contribution in [0.3, 0.4) is 0 Å². The molecule has 0 radical (unpaired) electrons. The van der Waals surface area contributed by atoms with Crippen LogP contribution >= 0.6 is 0 Å². The highest BCUT2D eigenvalue weighted by Crippen LogP contribution is 2.08. The maximum Gasteiger partial charge on any atom is 0.305 e. The maximum atomic E-state index is 11.7. The molecule has 0 aromatic carbocycles. The zero-order chi connectivity index (χ0) is 23.3. The van der Waals surface area contributed by atoms with Gasteiger partial charge >= 0.3 is 5.97 Å². The van der Waals surface area contributed by atoms with Gasteiger partial charge in [-0.25, -0.2) is 0 Å². The fourth-order valence-electron chi connectivity index (χ4n) is 2.73. The Hall–Kier alpha value is -1.51. The molecule has 4 atom stereocenters. The zero-order valence-corrected chi connectivity index (χ0v) is 18.8.